The molecule has 6 nitrogen and oxygen atoms in total. The number of aromatic amines is 1. The lowest BCUT2D eigenvalue weighted by Crippen LogP contribution is -2.29. The van der Waals surface area contributed by atoms with E-state index in [2.05, 4.69) is 20.3 Å². The van der Waals surface area contributed by atoms with Crippen molar-refractivity contribution in [3.63, 3.8) is 0 Å². The molecule has 0 saturated carbocycles. The van der Waals surface area contributed by atoms with E-state index in [1.54, 1.807) is 41.1 Å². The van der Waals surface area contributed by atoms with E-state index in [-0.39, 0.29) is 17.8 Å². The van der Waals surface area contributed by atoms with Crippen molar-refractivity contribution in [1.82, 2.24) is 24.7 Å². The Balaban J connectivity index is 1.58. The monoisotopic (exact) mass is 377 g/mol. The average Bonchev–Trinajstić information content (AvgIpc) is 3.32. The number of carbonyl (C=O) groups excluding carboxylic acids is 1. The van der Waals surface area contributed by atoms with E-state index in [1.165, 1.54) is 12.1 Å². The van der Waals surface area contributed by atoms with Gasteiger partial charge in [-0.15, -0.1) is 0 Å². The third-order valence-electron chi connectivity index (χ3n) is 4.62. The third-order valence-corrected chi connectivity index (χ3v) is 4.62. The number of hydrogen-bond donors (Lipinski definition) is 2. The molecule has 1 aromatic carbocycles. The normalized spacial score (nSPS) is 12.2. The van der Waals surface area contributed by atoms with Crippen LogP contribution in [0, 0.1) is 12.7 Å². The van der Waals surface area contributed by atoms with Crippen LogP contribution in [0.2, 0.25) is 0 Å². The zero-order chi connectivity index (χ0) is 19.7. The smallest absolute Gasteiger partial charge is 0.253 e. The highest BCUT2D eigenvalue weighted by Gasteiger charge is 2.17. The second-order valence-corrected chi connectivity index (χ2v) is 6.70. The van der Waals surface area contributed by atoms with E-state index < -0.39 is 0 Å². The van der Waals surface area contributed by atoms with Gasteiger partial charge >= 0.3 is 0 Å². The van der Waals surface area contributed by atoms with Gasteiger partial charge in [0, 0.05) is 29.8 Å². The maximum absolute atomic E-state index is 13.1. The van der Waals surface area contributed by atoms with Crippen LogP contribution in [0.15, 0.2) is 55.0 Å². The number of nitrogens with zero attached hydrogens (tertiary/aromatic N) is 3. The van der Waals surface area contributed by atoms with Gasteiger partial charge in [0.1, 0.15) is 17.3 Å². The molecular weight excluding hydrogens is 357 g/mol. The standard InChI is InChI=1S/C21H20FN5O/c1-3-17(20-23-10-13(2)24-20)26-21(28)15-6-9-19-25-18(12-27(19)11-15)14-4-7-16(22)8-5-14/h4-12,17H,3H2,1-2H3,(H,23,24)(H,26,28)/t17-/m0/s1. The molecule has 0 aliphatic rings. The van der Waals surface area contributed by atoms with Crippen LogP contribution >= 0.6 is 0 Å². The summed E-state index contributed by atoms with van der Waals surface area (Å²) in [6.45, 7) is 3.92. The van der Waals surface area contributed by atoms with Gasteiger partial charge in [-0.3, -0.25) is 4.79 Å². The quantitative estimate of drug-likeness (QED) is 0.551. The first-order valence-electron chi connectivity index (χ1n) is 9.10. The maximum atomic E-state index is 13.1. The van der Waals surface area contributed by atoms with E-state index in [0.717, 1.165) is 29.2 Å². The number of benzene rings is 1. The Morgan fingerprint density at radius 3 is 2.68 bits per heavy atom. The van der Waals surface area contributed by atoms with E-state index in [9.17, 15) is 9.18 Å². The van der Waals surface area contributed by atoms with Gasteiger partial charge in [0.05, 0.1) is 17.3 Å². The number of pyridine rings is 1. The van der Waals surface area contributed by atoms with Gasteiger partial charge in [-0.05, 0) is 49.7 Å². The number of carbonyl (C=O) groups is 1. The van der Waals surface area contributed by atoms with E-state index in [1.807, 2.05) is 20.0 Å². The van der Waals surface area contributed by atoms with Gasteiger partial charge in [0.15, 0.2) is 0 Å². The summed E-state index contributed by atoms with van der Waals surface area (Å²) in [5, 5.41) is 3.01. The highest BCUT2D eigenvalue weighted by Crippen LogP contribution is 2.20. The predicted molar refractivity (Wildman–Crippen MR) is 104 cm³/mol. The van der Waals surface area contributed by atoms with E-state index in [0.29, 0.717) is 11.2 Å². The Labute approximate surface area is 161 Å². The second kappa shape index (κ2) is 7.26. The number of rotatable bonds is 5. The lowest BCUT2D eigenvalue weighted by Gasteiger charge is -2.14. The topological polar surface area (TPSA) is 75.1 Å². The average molecular weight is 377 g/mol. The molecule has 0 bridgehead atoms. The molecule has 0 unspecified atom stereocenters. The molecule has 7 heteroatoms. The molecule has 1 amide bonds. The maximum Gasteiger partial charge on any atom is 0.253 e. The van der Waals surface area contributed by atoms with Crippen LogP contribution in [-0.2, 0) is 0 Å². The molecule has 0 aliphatic carbocycles. The number of H-pyrrole nitrogens is 1. The van der Waals surface area contributed by atoms with Crippen molar-refractivity contribution in [1.29, 1.82) is 0 Å². The van der Waals surface area contributed by atoms with Crippen molar-refractivity contribution in [3.05, 3.63) is 77.9 Å². The van der Waals surface area contributed by atoms with Gasteiger partial charge in [-0.1, -0.05) is 6.92 Å². The SMILES string of the molecule is CC[C@H](NC(=O)c1ccc2nc(-c3ccc(F)cc3)cn2c1)c1ncc(C)[nH]1. The molecule has 4 aromatic rings. The van der Waals surface area contributed by atoms with Crippen molar-refractivity contribution < 1.29 is 9.18 Å². The van der Waals surface area contributed by atoms with Crippen molar-refractivity contribution in [2.45, 2.75) is 26.3 Å². The number of fused-ring (bicyclic) bond motifs is 1. The molecule has 28 heavy (non-hydrogen) atoms. The molecule has 0 fully saturated rings. The highest BCUT2D eigenvalue weighted by atomic mass is 19.1. The zero-order valence-electron chi connectivity index (χ0n) is 15.6. The first kappa shape index (κ1) is 17.9. The number of nitrogens with one attached hydrogen (secondary N) is 2. The summed E-state index contributed by atoms with van der Waals surface area (Å²) in [5.41, 5.74) is 3.73. The summed E-state index contributed by atoms with van der Waals surface area (Å²) in [5.74, 6) is 0.277. The molecule has 3 aromatic heterocycles. The summed E-state index contributed by atoms with van der Waals surface area (Å²) < 4.78 is 14.9. The Bertz CT molecular complexity index is 1130. The number of imidazole rings is 2. The summed E-state index contributed by atoms with van der Waals surface area (Å²) in [6, 6.07) is 9.52. The minimum absolute atomic E-state index is 0.181. The van der Waals surface area contributed by atoms with Crippen molar-refractivity contribution in [3.8, 4) is 11.3 Å². The molecule has 3 heterocycles. The summed E-state index contributed by atoms with van der Waals surface area (Å²) >= 11 is 0. The minimum atomic E-state index is -0.288. The van der Waals surface area contributed by atoms with Crippen molar-refractivity contribution in [2.24, 2.45) is 0 Å². The number of amides is 1. The van der Waals surface area contributed by atoms with Gasteiger partial charge in [-0.25, -0.2) is 14.4 Å². The van der Waals surface area contributed by atoms with Crippen molar-refractivity contribution in [2.75, 3.05) is 0 Å². The van der Waals surface area contributed by atoms with Gasteiger partial charge in [-0.2, -0.15) is 0 Å². The largest absolute Gasteiger partial charge is 0.344 e. The number of aromatic nitrogens is 4. The first-order chi connectivity index (χ1) is 13.5. The summed E-state index contributed by atoms with van der Waals surface area (Å²) in [7, 11) is 0. The minimum Gasteiger partial charge on any atom is -0.344 e. The number of hydrogen-bond acceptors (Lipinski definition) is 3. The molecular formula is C21H20FN5O. The van der Waals surface area contributed by atoms with Gasteiger partial charge < -0.3 is 14.7 Å². The Hall–Kier alpha value is -3.48. The Morgan fingerprint density at radius 1 is 1.21 bits per heavy atom. The second-order valence-electron chi connectivity index (χ2n) is 6.70. The fraction of sp³-hybridized carbons (Fsp3) is 0.190. The predicted octanol–water partition coefficient (Wildman–Crippen LogP) is 4.05. The first-order valence-corrected chi connectivity index (χ1v) is 9.10. The van der Waals surface area contributed by atoms with E-state index >= 15 is 0 Å². The lowest BCUT2D eigenvalue weighted by atomic mass is 10.2. The number of aryl methyl sites for hydroxylation is 1. The third kappa shape index (κ3) is 3.51. The highest BCUT2D eigenvalue weighted by molar-refractivity contribution is 5.94. The van der Waals surface area contributed by atoms with Gasteiger partial charge in [0.25, 0.3) is 5.91 Å². The fourth-order valence-electron chi connectivity index (χ4n) is 3.10. The van der Waals surface area contributed by atoms with Crippen LogP contribution < -0.4 is 5.32 Å². The molecule has 4 rings (SSSR count). The Kier molecular flexibility index (Phi) is 4.65. The molecule has 0 saturated heterocycles. The van der Waals surface area contributed by atoms with E-state index in [4.69, 9.17) is 0 Å². The van der Waals surface area contributed by atoms with Crippen LogP contribution in [0.1, 0.15) is 41.3 Å². The van der Waals surface area contributed by atoms with Crippen LogP contribution in [0.25, 0.3) is 16.9 Å². The molecule has 142 valence electrons. The summed E-state index contributed by atoms with van der Waals surface area (Å²) in [4.78, 5) is 24.7. The zero-order valence-corrected chi connectivity index (χ0v) is 15.6. The van der Waals surface area contributed by atoms with Crippen LogP contribution in [0.5, 0.6) is 0 Å². The molecule has 0 aliphatic heterocycles. The molecule has 1 atom stereocenters. The fourth-order valence-corrected chi connectivity index (χ4v) is 3.10. The van der Waals surface area contributed by atoms with Crippen LogP contribution in [-0.4, -0.2) is 25.3 Å². The number of halogens is 1. The lowest BCUT2D eigenvalue weighted by molar-refractivity contribution is 0.0933. The molecule has 0 radical (unpaired) electrons. The Morgan fingerprint density at radius 2 is 2.00 bits per heavy atom. The van der Waals surface area contributed by atoms with Crippen LogP contribution in [0.4, 0.5) is 4.39 Å². The van der Waals surface area contributed by atoms with Crippen molar-refractivity contribution >= 4 is 11.6 Å². The molecule has 0 spiro atoms. The van der Waals surface area contributed by atoms with Crippen LogP contribution in [0.3, 0.4) is 0 Å². The molecule has 2 N–H and O–H groups in total. The summed E-state index contributed by atoms with van der Waals surface area (Å²) in [6.07, 6.45) is 6.04. The van der Waals surface area contributed by atoms with Gasteiger partial charge in [0.2, 0.25) is 0 Å².